The highest BCUT2D eigenvalue weighted by Crippen LogP contribution is 2.29. The molecule has 0 aliphatic heterocycles. The second-order valence-corrected chi connectivity index (χ2v) is 3.82. The Kier molecular flexibility index (Phi) is 3.82. The van der Waals surface area contributed by atoms with Gasteiger partial charge in [-0.15, -0.1) is 10.2 Å². The summed E-state index contributed by atoms with van der Waals surface area (Å²) in [4.78, 5) is 0. The largest absolute Gasteiger partial charge is 0.496 e. The van der Waals surface area contributed by atoms with Gasteiger partial charge < -0.3 is 10.1 Å². The van der Waals surface area contributed by atoms with Crippen LogP contribution in [0.15, 0.2) is 24.3 Å². The SMILES string of the molecule is CCNc1nnc(-c2ccccc2OC)n1CC. The van der Waals surface area contributed by atoms with Gasteiger partial charge in [-0.1, -0.05) is 12.1 Å². The average Bonchev–Trinajstić information content (AvgIpc) is 2.81. The highest BCUT2D eigenvalue weighted by Gasteiger charge is 2.15. The van der Waals surface area contributed by atoms with Gasteiger partial charge >= 0.3 is 0 Å². The van der Waals surface area contributed by atoms with Crippen molar-refractivity contribution in [3.05, 3.63) is 24.3 Å². The Morgan fingerprint density at radius 2 is 2.00 bits per heavy atom. The van der Waals surface area contributed by atoms with Gasteiger partial charge in [-0.3, -0.25) is 4.57 Å². The molecule has 96 valence electrons. The first-order valence-electron chi connectivity index (χ1n) is 6.12. The summed E-state index contributed by atoms with van der Waals surface area (Å²) in [6.45, 7) is 5.74. The molecule has 0 amide bonds. The molecule has 2 rings (SSSR count). The molecule has 0 spiro atoms. The van der Waals surface area contributed by atoms with E-state index in [4.69, 9.17) is 4.74 Å². The number of hydrogen-bond acceptors (Lipinski definition) is 4. The molecule has 1 N–H and O–H groups in total. The van der Waals surface area contributed by atoms with Crippen molar-refractivity contribution in [1.29, 1.82) is 0 Å². The minimum Gasteiger partial charge on any atom is -0.496 e. The predicted molar refractivity (Wildman–Crippen MR) is 71.8 cm³/mol. The minimum absolute atomic E-state index is 0.793. The fraction of sp³-hybridized carbons (Fsp3) is 0.385. The van der Waals surface area contributed by atoms with E-state index in [0.717, 1.165) is 36.2 Å². The summed E-state index contributed by atoms with van der Waals surface area (Å²) in [5.74, 6) is 2.43. The van der Waals surface area contributed by atoms with E-state index in [1.54, 1.807) is 7.11 Å². The molecule has 0 unspecified atom stereocenters. The van der Waals surface area contributed by atoms with E-state index in [2.05, 4.69) is 22.4 Å². The molecule has 18 heavy (non-hydrogen) atoms. The maximum Gasteiger partial charge on any atom is 0.224 e. The van der Waals surface area contributed by atoms with E-state index < -0.39 is 0 Å². The van der Waals surface area contributed by atoms with Gasteiger partial charge in [0.1, 0.15) is 5.75 Å². The third-order valence-electron chi connectivity index (χ3n) is 2.75. The maximum atomic E-state index is 5.37. The molecule has 1 aromatic heterocycles. The summed E-state index contributed by atoms with van der Waals surface area (Å²) in [7, 11) is 1.66. The van der Waals surface area contributed by atoms with Crippen molar-refractivity contribution in [2.75, 3.05) is 19.0 Å². The van der Waals surface area contributed by atoms with Crippen LogP contribution < -0.4 is 10.1 Å². The quantitative estimate of drug-likeness (QED) is 0.880. The highest BCUT2D eigenvalue weighted by molar-refractivity contribution is 5.65. The summed E-state index contributed by atoms with van der Waals surface area (Å²) in [6, 6.07) is 7.83. The topological polar surface area (TPSA) is 52.0 Å². The standard InChI is InChI=1S/C13H18N4O/c1-4-14-13-16-15-12(17(13)5-2)10-8-6-7-9-11(10)18-3/h6-9H,4-5H2,1-3H3,(H,14,16). The molecule has 0 saturated heterocycles. The molecular weight excluding hydrogens is 228 g/mol. The van der Waals surface area contributed by atoms with Crippen LogP contribution in [0.1, 0.15) is 13.8 Å². The van der Waals surface area contributed by atoms with Crippen LogP contribution in [0.2, 0.25) is 0 Å². The molecule has 5 nitrogen and oxygen atoms in total. The van der Waals surface area contributed by atoms with Crippen molar-refractivity contribution >= 4 is 5.95 Å². The van der Waals surface area contributed by atoms with Crippen LogP contribution in [-0.4, -0.2) is 28.4 Å². The van der Waals surface area contributed by atoms with Crippen LogP contribution in [0, 0.1) is 0 Å². The molecule has 5 heteroatoms. The van der Waals surface area contributed by atoms with Crippen LogP contribution in [0.5, 0.6) is 5.75 Å². The number of rotatable bonds is 5. The second-order valence-electron chi connectivity index (χ2n) is 3.82. The Hall–Kier alpha value is -2.04. The lowest BCUT2D eigenvalue weighted by atomic mass is 10.2. The fourth-order valence-corrected chi connectivity index (χ4v) is 1.92. The Morgan fingerprint density at radius 1 is 1.22 bits per heavy atom. The first kappa shape index (κ1) is 12.4. The molecule has 0 radical (unpaired) electrons. The number of anilines is 1. The van der Waals surface area contributed by atoms with E-state index in [9.17, 15) is 0 Å². The first-order chi connectivity index (χ1) is 8.81. The van der Waals surface area contributed by atoms with Crippen molar-refractivity contribution in [3.63, 3.8) is 0 Å². The smallest absolute Gasteiger partial charge is 0.224 e. The lowest BCUT2D eigenvalue weighted by Crippen LogP contribution is -2.07. The van der Waals surface area contributed by atoms with Crippen molar-refractivity contribution < 1.29 is 4.74 Å². The molecule has 0 saturated carbocycles. The lowest BCUT2D eigenvalue weighted by molar-refractivity contribution is 0.416. The molecule has 0 aliphatic rings. The normalized spacial score (nSPS) is 10.4. The first-order valence-corrected chi connectivity index (χ1v) is 6.12. The van der Waals surface area contributed by atoms with E-state index >= 15 is 0 Å². The molecule has 0 fully saturated rings. The number of para-hydroxylation sites is 1. The Morgan fingerprint density at radius 3 is 2.67 bits per heavy atom. The van der Waals surface area contributed by atoms with Crippen molar-refractivity contribution in [1.82, 2.24) is 14.8 Å². The summed E-state index contributed by atoms with van der Waals surface area (Å²) in [6.07, 6.45) is 0. The van der Waals surface area contributed by atoms with Gasteiger partial charge in [-0.2, -0.15) is 0 Å². The van der Waals surface area contributed by atoms with Crippen LogP contribution in [-0.2, 0) is 6.54 Å². The van der Waals surface area contributed by atoms with Crippen LogP contribution >= 0.6 is 0 Å². The third kappa shape index (κ3) is 2.16. The summed E-state index contributed by atoms with van der Waals surface area (Å²) < 4.78 is 7.41. The zero-order chi connectivity index (χ0) is 13.0. The molecule has 0 aliphatic carbocycles. The van der Waals surface area contributed by atoms with Gasteiger partial charge in [0.25, 0.3) is 0 Å². The van der Waals surface area contributed by atoms with E-state index in [-0.39, 0.29) is 0 Å². The van der Waals surface area contributed by atoms with Gasteiger partial charge in [-0.25, -0.2) is 0 Å². The van der Waals surface area contributed by atoms with Gasteiger partial charge in [0.05, 0.1) is 12.7 Å². The summed E-state index contributed by atoms with van der Waals surface area (Å²) in [5.41, 5.74) is 0.957. The Balaban J connectivity index is 2.50. The molecule has 0 bridgehead atoms. The van der Waals surface area contributed by atoms with Crippen molar-refractivity contribution in [2.24, 2.45) is 0 Å². The average molecular weight is 246 g/mol. The van der Waals surface area contributed by atoms with Gasteiger partial charge in [0.2, 0.25) is 5.95 Å². The number of nitrogens with zero attached hydrogens (tertiary/aromatic N) is 3. The fourth-order valence-electron chi connectivity index (χ4n) is 1.92. The summed E-state index contributed by atoms with van der Waals surface area (Å²) in [5, 5.41) is 11.6. The zero-order valence-corrected chi connectivity index (χ0v) is 11.0. The molecule has 2 aromatic rings. The molecule has 1 aromatic carbocycles. The summed E-state index contributed by atoms with van der Waals surface area (Å²) >= 11 is 0. The second kappa shape index (κ2) is 5.53. The molecule has 1 heterocycles. The Bertz CT molecular complexity index is 521. The number of aromatic nitrogens is 3. The Labute approximate surface area is 107 Å². The minimum atomic E-state index is 0.793. The zero-order valence-electron chi connectivity index (χ0n) is 11.0. The number of methoxy groups -OCH3 is 1. The highest BCUT2D eigenvalue weighted by atomic mass is 16.5. The number of nitrogens with one attached hydrogen (secondary N) is 1. The van der Waals surface area contributed by atoms with Crippen LogP contribution in [0.3, 0.4) is 0 Å². The maximum absolute atomic E-state index is 5.37. The number of hydrogen-bond donors (Lipinski definition) is 1. The monoisotopic (exact) mass is 246 g/mol. The van der Waals surface area contributed by atoms with Gasteiger partial charge in [0, 0.05) is 13.1 Å². The van der Waals surface area contributed by atoms with E-state index in [0.29, 0.717) is 0 Å². The molecule has 0 atom stereocenters. The van der Waals surface area contributed by atoms with E-state index in [1.165, 1.54) is 0 Å². The van der Waals surface area contributed by atoms with Crippen molar-refractivity contribution in [3.8, 4) is 17.1 Å². The van der Waals surface area contributed by atoms with Gasteiger partial charge in [0.15, 0.2) is 5.82 Å². The third-order valence-corrected chi connectivity index (χ3v) is 2.75. The van der Waals surface area contributed by atoms with Gasteiger partial charge in [-0.05, 0) is 26.0 Å². The van der Waals surface area contributed by atoms with Crippen LogP contribution in [0.4, 0.5) is 5.95 Å². The van der Waals surface area contributed by atoms with Crippen molar-refractivity contribution in [2.45, 2.75) is 20.4 Å². The lowest BCUT2D eigenvalue weighted by Gasteiger charge is -2.10. The predicted octanol–water partition coefficient (Wildman–Crippen LogP) is 2.41. The van der Waals surface area contributed by atoms with Crippen LogP contribution in [0.25, 0.3) is 11.4 Å². The number of ether oxygens (including phenoxy) is 1. The number of benzene rings is 1. The molecular formula is C13H18N4O. The van der Waals surface area contributed by atoms with E-state index in [1.807, 2.05) is 35.8 Å².